The molecule has 1 aromatic rings. The number of hydrogen-bond acceptors (Lipinski definition) is 5. The first-order chi connectivity index (χ1) is 9.98. The monoisotopic (exact) mass is 327 g/mol. The zero-order valence-corrected chi connectivity index (χ0v) is 14.6. The molecule has 0 bridgehead atoms. The van der Waals surface area contributed by atoms with Crippen molar-refractivity contribution in [1.29, 1.82) is 0 Å². The van der Waals surface area contributed by atoms with Gasteiger partial charge in [0.2, 0.25) is 5.91 Å². The number of primary amides is 1. The summed E-state index contributed by atoms with van der Waals surface area (Å²) in [4.78, 5) is 23.7. The van der Waals surface area contributed by atoms with E-state index in [0.29, 0.717) is 18.7 Å². The van der Waals surface area contributed by atoms with E-state index in [1.54, 1.807) is 11.4 Å². The molecule has 0 radical (unpaired) electrons. The summed E-state index contributed by atoms with van der Waals surface area (Å²) < 4.78 is 5.20. The van der Waals surface area contributed by atoms with Crippen LogP contribution in [0.3, 0.4) is 0 Å². The Morgan fingerprint density at radius 3 is 2.41 bits per heavy atom. The van der Waals surface area contributed by atoms with Crippen molar-refractivity contribution >= 4 is 23.3 Å². The van der Waals surface area contributed by atoms with E-state index >= 15 is 0 Å². The summed E-state index contributed by atoms with van der Waals surface area (Å²) in [5.74, 6) is -0.423. The summed E-state index contributed by atoms with van der Waals surface area (Å²) in [6, 6.07) is 1.78. The van der Waals surface area contributed by atoms with Gasteiger partial charge in [-0.1, -0.05) is 0 Å². The van der Waals surface area contributed by atoms with E-state index in [4.69, 9.17) is 10.5 Å². The van der Waals surface area contributed by atoms with Crippen molar-refractivity contribution in [2.24, 2.45) is 5.73 Å². The molecule has 0 unspecified atom stereocenters. The molecule has 0 spiro atoms. The van der Waals surface area contributed by atoms with Crippen molar-refractivity contribution in [2.45, 2.75) is 52.3 Å². The Morgan fingerprint density at radius 1 is 1.27 bits per heavy atom. The summed E-state index contributed by atoms with van der Waals surface area (Å²) in [5.41, 5.74) is 4.92. The van der Waals surface area contributed by atoms with Crippen LogP contribution in [0.25, 0.3) is 0 Å². The largest absolute Gasteiger partial charge is 0.444 e. The smallest absolute Gasteiger partial charge is 0.407 e. The number of carbonyl (C=O) groups excluding carboxylic acids is 2. The van der Waals surface area contributed by atoms with Crippen LogP contribution in [0.2, 0.25) is 0 Å². The van der Waals surface area contributed by atoms with Gasteiger partial charge in [0.1, 0.15) is 5.60 Å². The number of carbonyl (C=O) groups is 2. The van der Waals surface area contributed by atoms with E-state index in [9.17, 15) is 9.59 Å². The quantitative estimate of drug-likeness (QED) is 0.747. The number of nitrogens with two attached hydrogens (primary N) is 1. The van der Waals surface area contributed by atoms with Gasteiger partial charge in [0.15, 0.2) is 0 Å². The number of hydrogen-bond donors (Lipinski definition) is 3. The number of thiophene rings is 1. The summed E-state index contributed by atoms with van der Waals surface area (Å²) in [6.45, 7) is 10.5. The summed E-state index contributed by atoms with van der Waals surface area (Å²) >= 11 is 1.48. The molecule has 0 atom stereocenters. The van der Waals surface area contributed by atoms with Crippen molar-refractivity contribution in [3.63, 3.8) is 0 Å². The minimum atomic E-state index is -0.510. The Morgan fingerprint density at radius 2 is 1.91 bits per heavy atom. The molecule has 1 heterocycles. The number of rotatable bonds is 6. The number of alkyl carbamates (subject to hydrolysis) is 1. The second-order valence-electron chi connectivity index (χ2n) is 6.76. The molecular weight excluding hydrogens is 302 g/mol. The summed E-state index contributed by atoms with van der Waals surface area (Å²) in [7, 11) is 0. The lowest BCUT2D eigenvalue weighted by molar-refractivity contribution is 0.0513. The normalized spacial score (nSPS) is 12.0. The first kappa shape index (κ1) is 18.4. The van der Waals surface area contributed by atoms with Crippen LogP contribution in [0.1, 0.15) is 49.9 Å². The minimum Gasteiger partial charge on any atom is -0.444 e. The molecule has 124 valence electrons. The predicted molar refractivity (Wildman–Crippen MR) is 88.0 cm³/mol. The number of amides is 2. The van der Waals surface area contributed by atoms with Gasteiger partial charge in [0.05, 0.1) is 5.56 Å². The van der Waals surface area contributed by atoms with Gasteiger partial charge < -0.3 is 21.1 Å². The Bertz CT molecular complexity index is 532. The molecule has 4 N–H and O–H groups in total. The maximum Gasteiger partial charge on any atom is 0.407 e. The molecule has 0 fully saturated rings. The first-order valence-corrected chi connectivity index (χ1v) is 7.95. The molecule has 6 nitrogen and oxygen atoms in total. The van der Waals surface area contributed by atoms with Gasteiger partial charge in [0.25, 0.3) is 0 Å². The zero-order valence-electron chi connectivity index (χ0n) is 13.8. The molecule has 7 heteroatoms. The van der Waals surface area contributed by atoms with E-state index in [1.807, 2.05) is 34.6 Å². The average Bonchev–Trinajstić information content (AvgIpc) is 2.81. The van der Waals surface area contributed by atoms with Gasteiger partial charge in [-0.25, -0.2) is 4.79 Å². The van der Waals surface area contributed by atoms with Crippen LogP contribution in [0, 0.1) is 0 Å². The Hall–Kier alpha value is -1.60. The standard InChI is InChI=1S/C15H25N3O3S/c1-14(2,3)21-13(20)17-9-15(4,5)18-7-11-6-10(8-22-11)12(16)19/h6,8,18H,7,9H2,1-5H3,(H2,16,19)(H,17,20). The molecule has 0 aliphatic rings. The molecule has 0 saturated heterocycles. The van der Waals surface area contributed by atoms with Gasteiger partial charge in [-0.15, -0.1) is 11.3 Å². The fraction of sp³-hybridized carbons (Fsp3) is 0.600. The maximum atomic E-state index is 11.6. The van der Waals surface area contributed by atoms with Crippen molar-refractivity contribution in [3.05, 3.63) is 21.9 Å². The molecule has 0 aromatic carbocycles. The van der Waals surface area contributed by atoms with Crippen molar-refractivity contribution in [1.82, 2.24) is 10.6 Å². The predicted octanol–water partition coefficient (Wildman–Crippen LogP) is 2.24. The lowest BCUT2D eigenvalue weighted by Gasteiger charge is -2.27. The van der Waals surface area contributed by atoms with E-state index in [0.717, 1.165) is 4.88 Å². The van der Waals surface area contributed by atoms with E-state index in [-0.39, 0.29) is 5.54 Å². The SMILES string of the molecule is CC(C)(CNC(=O)OC(C)(C)C)NCc1cc(C(N)=O)cs1. The highest BCUT2D eigenvalue weighted by molar-refractivity contribution is 7.10. The molecule has 1 aromatic heterocycles. The summed E-state index contributed by atoms with van der Waals surface area (Å²) in [5, 5.41) is 7.82. The number of nitrogens with one attached hydrogen (secondary N) is 2. The molecule has 0 aliphatic carbocycles. The van der Waals surface area contributed by atoms with Crippen molar-refractivity contribution in [3.8, 4) is 0 Å². The van der Waals surface area contributed by atoms with Crippen LogP contribution in [0.15, 0.2) is 11.4 Å². The fourth-order valence-corrected chi connectivity index (χ4v) is 2.41. The Labute approximate surface area is 135 Å². The second kappa shape index (κ2) is 7.11. The average molecular weight is 327 g/mol. The van der Waals surface area contributed by atoms with Gasteiger partial charge in [-0.05, 0) is 40.7 Å². The van der Waals surface area contributed by atoms with Gasteiger partial charge in [0, 0.05) is 28.9 Å². The van der Waals surface area contributed by atoms with Crippen molar-refractivity contribution < 1.29 is 14.3 Å². The van der Waals surface area contributed by atoms with Crippen LogP contribution in [0.4, 0.5) is 4.79 Å². The van der Waals surface area contributed by atoms with Crippen LogP contribution < -0.4 is 16.4 Å². The maximum absolute atomic E-state index is 11.6. The third-order valence-corrected chi connectivity index (χ3v) is 3.69. The Balaban J connectivity index is 2.43. The lowest BCUT2D eigenvalue weighted by atomic mass is 10.1. The lowest BCUT2D eigenvalue weighted by Crippen LogP contribution is -2.49. The van der Waals surface area contributed by atoms with Gasteiger partial charge in [-0.2, -0.15) is 0 Å². The molecule has 2 amide bonds. The fourth-order valence-electron chi connectivity index (χ4n) is 1.60. The number of ether oxygens (including phenoxy) is 1. The van der Waals surface area contributed by atoms with Gasteiger partial charge >= 0.3 is 6.09 Å². The zero-order chi connectivity index (χ0) is 17.0. The molecule has 0 aliphatic heterocycles. The molecule has 22 heavy (non-hydrogen) atoms. The Kier molecular flexibility index (Phi) is 5.96. The summed E-state index contributed by atoms with van der Waals surface area (Å²) in [6.07, 6.45) is -0.436. The minimum absolute atomic E-state index is 0.312. The second-order valence-corrected chi connectivity index (χ2v) is 7.75. The topological polar surface area (TPSA) is 93.4 Å². The highest BCUT2D eigenvalue weighted by atomic mass is 32.1. The van der Waals surface area contributed by atoms with E-state index in [1.165, 1.54) is 11.3 Å². The molecule has 1 rings (SSSR count). The van der Waals surface area contributed by atoms with Gasteiger partial charge in [-0.3, -0.25) is 4.79 Å². The third-order valence-electron chi connectivity index (χ3n) is 2.75. The molecule has 0 saturated carbocycles. The van der Waals surface area contributed by atoms with E-state index in [2.05, 4.69) is 10.6 Å². The first-order valence-electron chi connectivity index (χ1n) is 7.08. The highest BCUT2D eigenvalue weighted by Crippen LogP contribution is 2.15. The van der Waals surface area contributed by atoms with Crippen LogP contribution in [-0.4, -0.2) is 29.7 Å². The third kappa shape index (κ3) is 6.91. The van der Waals surface area contributed by atoms with Crippen LogP contribution in [0.5, 0.6) is 0 Å². The van der Waals surface area contributed by atoms with Crippen molar-refractivity contribution in [2.75, 3.05) is 6.54 Å². The highest BCUT2D eigenvalue weighted by Gasteiger charge is 2.21. The van der Waals surface area contributed by atoms with E-state index < -0.39 is 17.6 Å². The van der Waals surface area contributed by atoms with Crippen LogP contribution in [-0.2, 0) is 11.3 Å². The van der Waals surface area contributed by atoms with Crippen LogP contribution >= 0.6 is 11.3 Å². The molecular formula is C15H25N3O3S.